The molecule has 1 N–H and O–H groups in total. The van der Waals surface area contributed by atoms with Crippen LogP contribution in [-0.4, -0.2) is 49.9 Å². The Morgan fingerprint density at radius 1 is 1.09 bits per heavy atom. The summed E-state index contributed by atoms with van der Waals surface area (Å²) in [6.45, 7) is 1.90. The Balaban J connectivity index is 1.69. The molecule has 0 aliphatic heterocycles. The van der Waals surface area contributed by atoms with Crippen molar-refractivity contribution < 1.29 is 14.3 Å². The first-order chi connectivity index (χ1) is 15.5. The van der Waals surface area contributed by atoms with E-state index in [4.69, 9.17) is 9.47 Å². The zero-order chi connectivity index (χ0) is 22.7. The quantitative estimate of drug-likeness (QED) is 0.476. The summed E-state index contributed by atoms with van der Waals surface area (Å²) in [7, 11) is 5.05. The maximum Gasteiger partial charge on any atom is 0.252 e. The van der Waals surface area contributed by atoms with E-state index in [0.717, 1.165) is 16.8 Å². The van der Waals surface area contributed by atoms with Gasteiger partial charge in [-0.25, -0.2) is 9.67 Å². The van der Waals surface area contributed by atoms with E-state index in [1.54, 1.807) is 43.3 Å². The van der Waals surface area contributed by atoms with E-state index in [0.29, 0.717) is 22.9 Å². The Labute approximate surface area is 184 Å². The summed E-state index contributed by atoms with van der Waals surface area (Å²) in [5, 5.41) is 14.3. The Bertz CT molecular complexity index is 1210. The van der Waals surface area contributed by atoms with E-state index < -0.39 is 6.04 Å². The highest BCUT2D eigenvalue weighted by atomic mass is 16.5. The van der Waals surface area contributed by atoms with Gasteiger partial charge < -0.3 is 19.4 Å². The lowest BCUT2D eigenvalue weighted by molar-refractivity contribution is 0.0941. The molecule has 164 valence electrons. The molecule has 32 heavy (non-hydrogen) atoms. The Morgan fingerprint density at radius 3 is 2.41 bits per heavy atom. The Morgan fingerprint density at radius 2 is 1.84 bits per heavy atom. The number of amides is 1. The number of nitrogens with zero attached hydrogens (tertiary/aromatic N) is 6. The highest BCUT2D eigenvalue weighted by molar-refractivity contribution is 5.95. The summed E-state index contributed by atoms with van der Waals surface area (Å²) in [4.78, 5) is 17.7. The monoisotopic (exact) mass is 433 g/mol. The van der Waals surface area contributed by atoms with Crippen molar-refractivity contribution in [2.45, 2.75) is 13.0 Å². The summed E-state index contributed by atoms with van der Waals surface area (Å²) in [6, 6.07) is 10.3. The van der Waals surface area contributed by atoms with Crippen LogP contribution < -0.4 is 14.8 Å². The van der Waals surface area contributed by atoms with Gasteiger partial charge in [-0.05, 0) is 58.8 Å². The minimum Gasteiger partial charge on any atom is -0.497 e. The highest BCUT2D eigenvalue weighted by Crippen LogP contribution is 2.30. The van der Waals surface area contributed by atoms with Crippen LogP contribution >= 0.6 is 0 Å². The third-order valence-electron chi connectivity index (χ3n) is 5.15. The fourth-order valence-corrected chi connectivity index (χ4v) is 3.49. The van der Waals surface area contributed by atoms with Crippen LogP contribution in [0, 0.1) is 6.92 Å². The molecule has 0 aliphatic carbocycles. The SMILES string of the molecule is COc1cc(OC)cc(C(NC(=O)c2ccc(-n3cnnn3)c(C)c2)c2nccn2C)c1. The van der Waals surface area contributed by atoms with Gasteiger partial charge in [-0.2, -0.15) is 0 Å². The van der Waals surface area contributed by atoms with Crippen molar-refractivity contribution in [3.8, 4) is 17.2 Å². The fraction of sp³-hybridized carbons (Fsp3) is 0.227. The van der Waals surface area contributed by atoms with Crippen molar-refractivity contribution in [3.63, 3.8) is 0 Å². The molecule has 1 amide bonds. The summed E-state index contributed by atoms with van der Waals surface area (Å²) in [6.07, 6.45) is 5.03. The molecule has 4 rings (SSSR count). The lowest BCUT2D eigenvalue weighted by Crippen LogP contribution is -2.31. The Kier molecular flexibility index (Phi) is 5.84. The second-order valence-corrected chi connectivity index (χ2v) is 7.20. The maximum absolute atomic E-state index is 13.2. The third-order valence-corrected chi connectivity index (χ3v) is 5.15. The number of ether oxygens (including phenoxy) is 2. The molecule has 1 atom stereocenters. The topological polar surface area (TPSA) is 109 Å². The lowest BCUT2D eigenvalue weighted by Gasteiger charge is -2.21. The standard InChI is InChI=1S/C22H23N7O3/c1-14-9-15(5-6-19(14)29-13-24-26-27-29)22(30)25-20(21-23-7-8-28(21)2)16-10-17(31-3)12-18(11-16)32-4/h5-13,20H,1-4H3,(H,25,30). The van der Waals surface area contributed by atoms with Gasteiger partial charge in [0.2, 0.25) is 0 Å². The average molecular weight is 433 g/mol. The highest BCUT2D eigenvalue weighted by Gasteiger charge is 2.23. The van der Waals surface area contributed by atoms with Crippen molar-refractivity contribution in [3.05, 3.63) is 77.6 Å². The number of imidazole rings is 1. The van der Waals surface area contributed by atoms with Crippen LogP contribution in [0.15, 0.2) is 55.1 Å². The first-order valence-electron chi connectivity index (χ1n) is 9.85. The molecule has 4 aromatic rings. The molecule has 10 nitrogen and oxygen atoms in total. The van der Waals surface area contributed by atoms with Crippen LogP contribution in [0.25, 0.3) is 5.69 Å². The molecule has 2 aromatic heterocycles. The first-order valence-corrected chi connectivity index (χ1v) is 9.85. The van der Waals surface area contributed by atoms with Gasteiger partial charge >= 0.3 is 0 Å². The molecule has 2 aromatic carbocycles. The second-order valence-electron chi connectivity index (χ2n) is 7.20. The zero-order valence-corrected chi connectivity index (χ0v) is 18.2. The van der Waals surface area contributed by atoms with Gasteiger partial charge in [0.1, 0.15) is 29.7 Å². The molecule has 0 fully saturated rings. The number of carbonyl (C=O) groups is 1. The number of benzene rings is 2. The molecule has 0 bridgehead atoms. The molecule has 0 radical (unpaired) electrons. The van der Waals surface area contributed by atoms with E-state index in [2.05, 4.69) is 25.8 Å². The van der Waals surface area contributed by atoms with Crippen LogP contribution in [0.3, 0.4) is 0 Å². The van der Waals surface area contributed by atoms with Crippen LogP contribution in [0.1, 0.15) is 33.4 Å². The molecular weight excluding hydrogens is 410 g/mol. The zero-order valence-electron chi connectivity index (χ0n) is 18.2. The Hall–Kier alpha value is -4.21. The molecule has 2 heterocycles. The number of nitrogens with one attached hydrogen (secondary N) is 1. The second kappa shape index (κ2) is 8.88. The van der Waals surface area contributed by atoms with Gasteiger partial charge in [0, 0.05) is 31.1 Å². The first kappa shape index (κ1) is 21.0. The minimum atomic E-state index is -0.522. The van der Waals surface area contributed by atoms with E-state index in [9.17, 15) is 4.79 Å². The third kappa shape index (κ3) is 4.15. The van der Waals surface area contributed by atoms with Crippen molar-refractivity contribution in [2.24, 2.45) is 7.05 Å². The van der Waals surface area contributed by atoms with E-state index in [-0.39, 0.29) is 5.91 Å². The molecular formula is C22H23N7O3. The van der Waals surface area contributed by atoms with Crippen molar-refractivity contribution in [1.82, 2.24) is 35.1 Å². The number of tetrazole rings is 1. The fourth-order valence-electron chi connectivity index (χ4n) is 3.49. The minimum absolute atomic E-state index is 0.244. The van der Waals surface area contributed by atoms with Gasteiger partial charge in [0.25, 0.3) is 5.91 Å². The maximum atomic E-state index is 13.2. The number of carbonyl (C=O) groups excluding carboxylic acids is 1. The van der Waals surface area contributed by atoms with Gasteiger partial charge in [-0.1, -0.05) is 0 Å². The summed E-state index contributed by atoms with van der Waals surface area (Å²) in [5.41, 5.74) is 2.95. The van der Waals surface area contributed by atoms with Crippen LogP contribution in [-0.2, 0) is 7.05 Å². The predicted octanol–water partition coefficient (Wildman–Crippen LogP) is 2.24. The summed E-state index contributed by atoms with van der Waals surface area (Å²) >= 11 is 0. The normalized spacial score (nSPS) is 11.8. The number of aryl methyl sites for hydroxylation is 2. The number of rotatable bonds is 7. The number of aromatic nitrogens is 6. The van der Waals surface area contributed by atoms with E-state index in [1.807, 2.05) is 42.9 Å². The summed E-state index contributed by atoms with van der Waals surface area (Å²) in [5.74, 6) is 1.67. The predicted molar refractivity (Wildman–Crippen MR) is 116 cm³/mol. The number of hydrogen-bond donors (Lipinski definition) is 1. The number of methoxy groups -OCH3 is 2. The van der Waals surface area contributed by atoms with Crippen LogP contribution in [0.4, 0.5) is 0 Å². The van der Waals surface area contributed by atoms with Crippen LogP contribution in [0.2, 0.25) is 0 Å². The molecule has 0 aliphatic rings. The number of hydrogen-bond acceptors (Lipinski definition) is 7. The van der Waals surface area contributed by atoms with Gasteiger partial charge in [-0.15, -0.1) is 5.10 Å². The molecule has 10 heteroatoms. The van der Waals surface area contributed by atoms with Crippen molar-refractivity contribution in [1.29, 1.82) is 0 Å². The molecule has 0 saturated heterocycles. The average Bonchev–Trinajstić information content (AvgIpc) is 3.49. The van der Waals surface area contributed by atoms with Gasteiger partial charge in [-0.3, -0.25) is 4.79 Å². The summed E-state index contributed by atoms with van der Waals surface area (Å²) < 4.78 is 14.2. The smallest absolute Gasteiger partial charge is 0.252 e. The molecule has 0 saturated carbocycles. The van der Waals surface area contributed by atoms with E-state index >= 15 is 0 Å². The van der Waals surface area contributed by atoms with Crippen molar-refractivity contribution in [2.75, 3.05) is 14.2 Å². The molecule has 1 unspecified atom stereocenters. The van der Waals surface area contributed by atoms with Crippen molar-refractivity contribution >= 4 is 5.91 Å². The van der Waals surface area contributed by atoms with Gasteiger partial charge in [0.15, 0.2) is 0 Å². The van der Waals surface area contributed by atoms with E-state index in [1.165, 1.54) is 6.33 Å². The van der Waals surface area contributed by atoms with Gasteiger partial charge in [0.05, 0.1) is 19.9 Å². The largest absolute Gasteiger partial charge is 0.497 e. The lowest BCUT2D eigenvalue weighted by atomic mass is 10.0. The molecule has 0 spiro atoms. The van der Waals surface area contributed by atoms with Crippen LogP contribution in [0.5, 0.6) is 11.5 Å².